The normalized spacial score (nSPS) is 19.8. The van der Waals surface area contributed by atoms with Crippen molar-refractivity contribution in [3.63, 3.8) is 0 Å². The third-order valence-corrected chi connectivity index (χ3v) is 5.08. The Hall–Kier alpha value is -2.68. The molecule has 0 bridgehead atoms. The van der Waals surface area contributed by atoms with E-state index in [2.05, 4.69) is 4.99 Å². The van der Waals surface area contributed by atoms with Gasteiger partial charge in [0, 0.05) is 18.2 Å². The van der Waals surface area contributed by atoms with Crippen LogP contribution in [0.5, 0.6) is 0 Å². The van der Waals surface area contributed by atoms with Crippen molar-refractivity contribution in [3.05, 3.63) is 51.2 Å². The number of aliphatic imine (C=N–C) groups is 1. The van der Waals surface area contributed by atoms with Gasteiger partial charge in [-0.3, -0.25) is 19.8 Å². The number of rotatable bonds is 4. The van der Waals surface area contributed by atoms with E-state index >= 15 is 0 Å². The lowest BCUT2D eigenvalue weighted by Crippen LogP contribution is -2.46. The monoisotopic (exact) mass is 375 g/mol. The summed E-state index contributed by atoms with van der Waals surface area (Å²) < 4.78 is 5.14. The highest BCUT2D eigenvalue weighted by Crippen LogP contribution is 2.42. The van der Waals surface area contributed by atoms with Gasteiger partial charge in [-0.05, 0) is 19.9 Å². The third kappa shape index (κ3) is 3.10. The molecule has 0 aromatic heterocycles. The van der Waals surface area contributed by atoms with E-state index in [-0.39, 0.29) is 35.8 Å². The molecule has 1 aromatic rings. The molecule has 2 aliphatic rings. The molecule has 1 aromatic carbocycles. The second-order valence-electron chi connectivity index (χ2n) is 5.69. The van der Waals surface area contributed by atoms with Crippen LogP contribution in [-0.2, 0) is 14.3 Å². The predicted octanol–water partition coefficient (Wildman–Crippen LogP) is 2.81. The first-order chi connectivity index (χ1) is 12.5. The summed E-state index contributed by atoms with van der Waals surface area (Å²) in [7, 11) is 0. The number of carbonyl (C=O) groups is 2. The Morgan fingerprint density at radius 3 is 2.88 bits per heavy atom. The van der Waals surface area contributed by atoms with E-state index < -0.39 is 16.9 Å². The van der Waals surface area contributed by atoms with Gasteiger partial charge in [0.15, 0.2) is 5.17 Å². The number of carbonyl (C=O) groups excluding carboxylic acids is 2. The zero-order valence-corrected chi connectivity index (χ0v) is 15.1. The highest BCUT2D eigenvalue weighted by atomic mass is 32.2. The number of thioether (sulfide) groups is 1. The maximum Gasteiger partial charge on any atom is 0.338 e. The lowest BCUT2D eigenvalue weighted by molar-refractivity contribution is -0.385. The summed E-state index contributed by atoms with van der Waals surface area (Å²) in [6, 6.07) is 5.19. The van der Waals surface area contributed by atoms with Crippen LogP contribution < -0.4 is 0 Å². The van der Waals surface area contributed by atoms with Crippen LogP contribution in [0.4, 0.5) is 5.69 Å². The van der Waals surface area contributed by atoms with Gasteiger partial charge >= 0.3 is 5.97 Å². The Morgan fingerprint density at radius 1 is 1.46 bits per heavy atom. The predicted molar refractivity (Wildman–Crippen MR) is 96.5 cm³/mol. The third-order valence-electron chi connectivity index (χ3n) is 4.13. The molecule has 136 valence electrons. The summed E-state index contributed by atoms with van der Waals surface area (Å²) in [5, 5.41) is 12.0. The lowest BCUT2D eigenvalue weighted by atomic mass is 9.93. The van der Waals surface area contributed by atoms with Gasteiger partial charge in [-0.15, -0.1) is 0 Å². The Balaban J connectivity index is 2.23. The zero-order chi connectivity index (χ0) is 18.8. The summed E-state index contributed by atoms with van der Waals surface area (Å²) in [6.45, 7) is 3.48. The molecule has 0 unspecified atom stereocenters. The number of amides is 1. The molecule has 0 aliphatic carbocycles. The molecular weight excluding hydrogens is 358 g/mol. The van der Waals surface area contributed by atoms with Crippen LogP contribution in [0.25, 0.3) is 0 Å². The first-order valence-electron chi connectivity index (χ1n) is 8.10. The van der Waals surface area contributed by atoms with Gasteiger partial charge in [-0.25, -0.2) is 9.79 Å². The lowest BCUT2D eigenvalue weighted by Gasteiger charge is -2.38. The molecule has 0 radical (unpaired) electrons. The van der Waals surface area contributed by atoms with Crippen LogP contribution in [0, 0.1) is 10.1 Å². The molecule has 1 saturated heterocycles. The number of hydrogen-bond acceptors (Lipinski definition) is 7. The number of para-hydroxylation sites is 1. The minimum atomic E-state index is -0.927. The molecule has 9 heteroatoms. The van der Waals surface area contributed by atoms with Crippen molar-refractivity contribution >= 4 is 34.5 Å². The molecule has 2 heterocycles. The van der Waals surface area contributed by atoms with Crippen molar-refractivity contribution < 1.29 is 19.2 Å². The zero-order valence-electron chi connectivity index (χ0n) is 14.3. The van der Waals surface area contributed by atoms with Crippen molar-refractivity contribution in [2.75, 3.05) is 12.4 Å². The number of allylic oxidation sites excluding steroid dienone is 1. The van der Waals surface area contributed by atoms with Crippen molar-refractivity contribution in [1.29, 1.82) is 0 Å². The molecule has 3 rings (SSSR count). The molecule has 0 saturated carbocycles. The minimum Gasteiger partial charge on any atom is -0.463 e. The number of ether oxygens (including phenoxy) is 1. The molecule has 1 amide bonds. The van der Waals surface area contributed by atoms with Crippen molar-refractivity contribution in [2.45, 2.75) is 26.3 Å². The summed E-state index contributed by atoms with van der Waals surface area (Å²) in [5.41, 5.74) is 0.667. The van der Waals surface area contributed by atoms with Crippen molar-refractivity contribution in [2.24, 2.45) is 4.99 Å². The van der Waals surface area contributed by atoms with E-state index in [1.54, 1.807) is 32.0 Å². The van der Waals surface area contributed by atoms with E-state index in [1.165, 1.54) is 22.7 Å². The van der Waals surface area contributed by atoms with Gasteiger partial charge in [-0.1, -0.05) is 23.9 Å². The number of esters is 1. The summed E-state index contributed by atoms with van der Waals surface area (Å²) in [4.78, 5) is 42.0. The van der Waals surface area contributed by atoms with Crippen LogP contribution in [0.3, 0.4) is 0 Å². The highest BCUT2D eigenvalue weighted by Gasteiger charge is 2.43. The number of nitrogens with zero attached hydrogens (tertiary/aromatic N) is 3. The molecule has 0 N–H and O–H groups in total. The second kappa shape index (κ2) is 7.28. The summed E-state index contributed by atoms with van der Waals surface area (Å²) in [6.07, 6.45) is 0.274. The maximum absolute atomic E-state index is 12.6. The first-order valence-corrected chi connectivity index (χ1v) is 9.09. The molecule has 1 fully saturated rings. The summed E-state index contributed by atoms with van der Waals surface area (Å²) in [5.74, 6) is -0.265. The fourth-order valence-corrected chi connectivity index (χ4v) is 4.05. The molecular formula is C17H17N3O5S. The second-order valence-corrected chi connectivity index (χ2v) is 6.76. The van der Waals surface area contributed by atoms with Gasteiger partial charge in [0.2, 0.25) is 5.91 Å². The fraction of sp³-hybridized carbons (Fsp3) is 0.353. The first kappa shape index (κ1) is 18.1. The van der Waals surface area contributed by atoms with E-state index in [1.807, 2.05) is 0 Å². The topological polar surface area (TPSA) is 102 Å². The Labute approximate surface area is 154 Å². The van der Waals surface area contributed by atoms with E-state index in [4.69, 9.17) is 4.74 Å². The van der Waals surface area contributed by atoms with E-state index in [0.717, 1.165) is 0 Å². The maximum atomic E-state index is 12.6. The minimum absolute atomic E-state index is 0.151. The molecule has 0 spiro atoms. The van der Waals surface area contributed by atoms with Crippen LogP contribution in [0.15, 0.2) is 40.5 Å². The number of fused-ring (bicyclic) bond motifs is 1. The SMILES string of the molecule is CCOC(=O)C1=C(C)N=C2SCCC(=O)N2[C@@H]1c1ccccc1[N+](=O)[O-]. The largest absolute Gasteiger partial charge is 0.463 e. The average molecular weight is 375 g/mol. The van der Waals surface area contributed by atoms with Crippen LogP contribution in [0.1, 0.15) is 31.9 Å². The number of hydrogen-bond donors (Lipinski definition) is 0. The van der Waals surface area contributed by atoms with Crippen LogP contribution in [-0.4, -0.2) is 39.2 Å². The number of nitro groups is 1. The van der Waals surface area contributed by atoms with Crippen LogP contribution in [0.2, 0.25) is 0 Å². The van der Waals surface area contributed by atoms with Gasteiger partial charge in [0.1, 0.15) is 6.04 Å². The standard InChI is InChI=1S/C17H17N3O5S/c1-3-25-16(22)14-10(2)18-17-19(13(21)8-9-26-17)15(14)11-6-4-5-7-12(11)20(23)24/h4-7,15H,3,8-9H2,1-2H3/t15-/m1/s1. The fourth-order valence-electron chi connectivity index (χ4n) is 3.05. The average Bonchev–Trinajstić information content (AvgIpc) is 2.60. The smallest absolute Gasteiger partial charge is 0.338 e. The Morgan fingerprint density at radius 2 is 2.19 bits per heavy atom. The van der Waals surface area contributed by atoms with E-state index in [0.29, 0.717) is 16.6 Å². The van der Waals surface area contributed by atoms with E-state index in [9.17, 15) is 19.7 Å². The molecule has 2 aliphatic heterocycles. The number of nitro benzene ring substituents is 1. The van der Waals surface area contributed by atoms with Gasteiger partial charge in [-0.2, -0.15) is 0 Å². The number of benzene rings is 1. The number of amidine groups is 1. The van der Waals surface area contributed by atoms with Crippen molar-refractivity contribution in [3.8, 4) is 0 Å². The van der Waals surface area contributed by atoms with Gasteiger partial charge in [0.05, 0.1) is 28.4 Å². The molecule has 26 heavy (non-hydrogen) atoms. The Kier molecular flexibility index (Phi) is 5.08. The summed E-state index contributed by atoms with van der Waals surface area (Å²) >= 11 is 1.39. The van der Waals surface area contributed by atoms with Gasteiger partial charge < -0.3 is 4.74 Å². The van der Waals surface area contributed by atoms with Crippen molar-refractivity contribution in [1.82, 2.24) is 4.90 Å². The quantitative estimate of drug-likeness (QED) is 0.455. The van der Waals surface area contributed by atoms with Gasteiger partial charge in [0.25, 0.3) is 5.69 Å². The van der Waals surface area contributed by atoms with Crippen LogP contribution >= 0.6 is 11.8 Å². The highest BCUT2D eigenvalue weighted by molar-refractivity contribution is 8.14. The molecule has 1 atom stereocenters. The Bertz CT molecular complexity index is 849. The molecule has 8 nitrogen and oxygen atoms in total.